The Labute approximate surface area is 77.8 Å². The lowest BCUT2D eigenvalue weighted by molar-refractivity contribution is 0.509. The Hall–Kier alpha value is -0.543. The zero-order chi connectivity index (χ0) is 9.14. The molecular formula is C8H9ClFOSi. The Morgan fingerprint density at radius 2 is 2.08 bits per heavy atom. The van der Waals surface area contributed by atoms with Gasteiger partial charge in [0.2, 0.25) is 0 Å². The first kappa shape index (κ1) is 9.54. The molecule has 1 aromatic rings. The highest BCUT2D eigenvalue weighted by Gasteiger charge is 2.06. The topological polar surface area (TPSA) is 9.23 Å². The van der Waals surface area contributed by atoms with Gasteiger partial charge in [0.25, 0.3) is 9.04 Å². The maximum Gasteiger partial charge on any atom is 0.274 e. The van der Waals surface area contributed by atoms with Gasteiger partial charge in [-0.25, -0.2) is 4.39 Å². The lowest BCUT2D eigenvalue weighted by Gasteiger charge is -2.08. The van der Waals surface area contributed by atoms with Crippen LogP contribution in [0, 0.1) is 5.82 Å². The van der Waals surface area contributed by atoms with Crippen LogP contribution in [0.1, 0.15) is 0 Å². The second-order valence-corrected chi connectivity index (χ2v) is 5.04. The first-order chi connectivity index (χ1) is 5.59. The van der Waals surface area contributed by atoms with Gasteiger partial charge in [0.15, 0.2) is 5.82 Å². The van der Waals surface area contributed by atoms with E-state index >= 15 is 0 Å². The van der Waals surface area contributed by atoms with Crippen LogP contribution in [0.2, 0.25) is 18.1 Å². The quantitative estimate of drug-likeness (QED) is 0.672. The van der Waals surface area contributed by atoms with Gasteiger partial charge in [0, 0.05) is 5.02 Å². The molecule has 0 fully saturated rings. The molecule has 0 spiro atoms. The van der Waals surface area contributed by atoms with Crippen LogP contribution in [0.4, 0.5) is 4.39 Å². The molecule has 0 bridgehead atoms. The van der Waals surface area contributed by atoms with E-state index in [4.69, 9.17) is 16.0 Å². The minimum absolute atomic E-state index is 0.290. The van der Waals surface area contributed by atoms with E-state index in [2.05, 4.69) is 0 Å². The lowest BCUT2D eigenvalue weighted by atomic mass is 10.3. The molecule has 0 saturated heterocycles. The highest BCUT2D eigenvalue weighted by molar-refractivity contribution is 6.49. The Kier molecular flexibility index (Phi) is 3.11. The monoisotopic (exact) mass is 203 g/mol. The number of hydrogen-bond acceptors (Lipinski definition) is 1. The van der Waals surface area contributed by atoms with Gasteiger partial charge in [-0.2, -0.15) is 0 Å². The zero-order valence-corrected chi connectivity index (χ0v) is 8.65. The highest BCUT2D eigenvalue weighted by Crippen LogP contribution is 2.21. The van der Waals surface area contributed by atoms with Crippen LogP contribution in [-0.4, -0.2) is 9.04 Å². The summed E-state index contributed by atoms with van der Waals surface area (Å²) in [6.07, 6.45) is 0. The van der Waals surface area contributed by atoms with Crippen molar-refractivity contribution in [3.63, 3.8) is 0 Å². The summed E-state index contributed by atoms with van der Waals surface area (Å²) in [5, 5.41) is 0.390. The van der Waals surface area contributed by atoms with Crippen LogP contribution >= 0.6 is 11.6 Å². The first-order valence-electron chi connectivity index (χ1n) is 3.52. The summed E-state index contributed by atoms with van der Waals surface area (Å²) in [6.45, 7) is 3.89. The Morgan fingerprint density at radius 1 is 1.42 bits per heavy atom. The van der Waals surface area contributed by atoms with E-state index < -0.39 is 14.9 Å². The molecule has 0 aromatic heterocycles. The molecule has 65 valence electrons. The minimum Gasteiger partial charge on any atom is -0.541 e. The van der Waals surface area contributed by atoms with E-state index in [-0.39, 0.29) is 0 Å². The van der Waals surface area contributed by atoms with E-state index in [1.54, 1.807) is 12.1 Å². The van der Waals surface area contributed by atoms with Gasteiger partial charge < -0.3 is 4.43 Å². The van der Waals surface area contributed by atoms with Crippen molar-refractivity contribution in [3.05, 3.63) is 29.0 Å². The van der Waals surface area contributed by atoms with Gasteiger partial charge in [0.1, 0.15) is 5.75 Å². The van der Waals surface area contributed by atoms with E-state index in [9.17, 15) is 4.39 Å². The molecule has 0 aliphatic rings. The summed E-state index contributed by atoms with van der Waals surface area (Å²) in [5.74, 6) is -0.105. The third-order valence-corrected chi connectivity index (χ3v) is 2.07. The largest absolute Gasteiger partial charge is 0.541 e. The molecule has 1 rings (SSSR count). The van der Waals surface area contributed by atoms with Crippen molar-refractivity contribution < 1.29 is 8.82 Å². The van der Waals surface area contributed by atoms with Crippen molar-refractivity contribution in [1.82, 2.24) is 0 Å². The average Bonchev–Trinajstić information content (AvgIpc) is 1.94. The predicted octanol–water partition coefficient (Wildman–Crippen LogP) is 3.11. The van der Waals surface area contributed by atoms with Crippen LogP contribution < -0.4 is 4.43 Å². The Bertz CT molecular complexity index is 278. The van der Waals surface area contributed by atoms with Gasteiger partial charge in [-0.1, -0.05) is 11.6 Å². The number of hydrogen-bond donors (Lipinski definition) is 0. The van der Waals surface area contributed by atoms with Gasteiger partial charge in [-0.3, -0.25) is 0 Å². The molecule has 4 heteroatoms. The molecule has 0 amide bonds. The molecule has 0 N–H and O–H groups in total. The van der Waals surface area contributed by atoms with Crippen molar-refractivity contribution in [2.24, 2.45) is 0 Å². The standard InChI is InChI=1S/C8H9ClFOSi/c1-12(2)11-8-4-3-6(9)5-7(8)10/h3-5H,1-2H3. The van der Waals surface area contributed by atoms with Crippen molar-refractivity contribution >= 4 is 20.6 Å². The van der Waals surface area contributed by atoms with E-state index in [0.29, 0.717) is 10.8 Å². The first-order valence-corrected chi connectivity index (χ1v) is 6.31. The fourth-order valence-electron chi connectivity index (χ4n) is 0.778. The maximum atomic E-state index is 13.0. The summed E-state index contributed by atoms with van der Waals surface area (Å²) in [7, 11) is -0.905. The predicted molar refractivity (Wildman–Crippen MR) is 49.5 cm³/mol. The fourth-order valence-corrected chi connectivity index (χ4v) is 1.54. The Morgan fingerprint density at radius 3 is 2.58 bits per heavy atom. The third kappa shape index (κ3) is 2.50. The summed E-state index contributed by atoms with van der Waals surface area (Å²) in [6, 6.07) is 4.42. The van der Waals surface area contributed by atoms with Crippen LogP contribution in [0.3, 0.4) is 0 Å². The molecule has 0 aliphatic heterocycles. The molecule has 1 aromatic carbocycles. The molecule has 0 aliphatic carbocycles. The summed E-state index contributed by atoms with van der Waals surface area (Å²) < 4.78 is 18.3. The lowest BCUT2D eigenvalue weighted by Crippen LogP contribution is -2.12. The Balaban J connectivity index is 2.86. The molecule has 0 heterocycles. The van der Waals surface area contributed by atoms with Gasteiger partial charge in [0.05, 0.1) is 0 Å². The number of benzene rings is 1. The van der Waals surface area contributed by atoms with Crippen molar-refractivity contribution in [3.8, 4) is 5.75 Å². The maximum absolute atomic E-state index is 13.0. The van der Waals surface area contributed by atoms with Crippen molar-refractivity contribution in [2.45, 2.75) is 13.1 Å². The van der Waals surface area contributed by atoms with Crippen LogP contribution in [0.5, 0.6) is 5.75 Å². The molecule has 12 heavy (non-hydrogen) atoms. The zero-order valence-electron chi connectivity index (χ0n) is 6.90. The van der Waals surface area contributed by atoms with Crippen LogP contribution in [0.15, 0.2) is 18.2 Å². The second-order valence-electron chi connectivity index (χ2n) is 2.59. The van der Waals surface area contributed by atoms with E-state index in [1.807, 2.05) is 13.1 Å². The fraction of sp³-hybridized carbons (Fsp3) is 0.250. The number of halogens is 2. The molecule has 0 unspecified atom stereocenters. The van der Waals surface area contributed by atoms with E-state index in [1.165, 1.54) is 6.07 Å². The van der Waals surface area contributed by atoms with Gasteiger partial charge in [-0.15, -0.1) is 0 Å². The highest BCUT2D eigenvalue weighted by atomic mass is 35.5. The van der Waals surface area contributed by atoms with Gasteiger partial charge in [-0.05, 0) is 31.3 Å². The SMILES string of the molecule is C[Si](C)Oc1ccc(Cl)cc1F. The van der Waals surface area contributed by atoms with Crippen molar-refractivity contribution in [1.29, 1.82) is 0 Å². The van der Waals surface area contributed by atoms with Crippen LogP contribution in [0.25, 0.3) is 0 Å². The minimum atomic E-state index is -0.905. The summed E-state index contributed by atoms with van der Waals surface area (Å²) >= 11 is 5.57. The summed E-state index contributed by atoms with van der Waals surface area (Å²) in [4.78, 5) is 0. The third-order valence-electron chi connectivity index (χ3n) is 1.21. The molecule has 1 radical (unpaired) electrons. The van der Waals surface area contributed by atoms with Gasteiger partial charge >= 0.3 is 0 Å². The second kappa shape index (κ2) is 3.91. The molecule has 0 saturated carbocycles. The molecular weight excluding hydrogens is 195 g/mol. The van der Waals surface area contributed by atoms with Crippen LogP contribution in [-0.2, 0) is 0 Å². The number of rotatable bonds is 2. The smallest absolute Gasteiger partial charge is 0.274 e. The molecule has 1 nitrogen and oxygen atoms in total. The molecule has 0 atom stereocenters. The normalized spacial score (nSPS) is 10.4. The average molecular weight is 204 g/mol. The van der Waals surface area contributed by atoms with Crippen molar-refractivity contribution in [2.75, 3.05) is 0 Å². The summed E-state index contributed by atoms with van der Waals surface area (Å²) in [5.41, 5.74) is 0. The van der Waals surface area contributed by atoms with E-state index in [0.717, 1.165) is 0 Å².